The zero-order valence-corrected chi connectivity index (χ0v) is 18.0. The predicted molar refractivity (Wildman–Crippen MR) is 103 cm³/mol. The molecule has 0 saturated carbocycles. The molecule has 8 heteroatoms. The van der Waals surface area contributed by atoms with Crippen LogP contribution in [0.25, 0.3) is 0 Å². The van der Waals surface area contributed by atoms with Gasteiger partial charge in [-0.3, -0.25) is 0 Å². The SMILES string of the molecule is CCC1C(S)OC(COC)C1OP(OCCC#N)N(C(C)C)C(C)C. The molecule has 0 aromatic rings. The number of thiol groups is 1. The summed E-state index contributed by atoms with van der Waals surface area (Å²) >= 11 is 4.57. The van der Waals surface area contributed by atoms with Gasteiger partial charge in [-0.2, -0.15) is 5.26 Å². The number of methoxy groups -OCH3 is 1. The second-order valence-electron chi connectivity index (χ2n) is 6.71. The Morgan fingerprint density at radius 1 is 1.28 bits per heavy atom. The van der Waals surface area contributed by atoms with Crippen LogP contribution in [0, 0.1) is 17.2 Å². The average Bonchev–Trinajstić information content (AvgIpc) is 2.82. The molecule has 5 unspecified atom stereocenters. The molecule has 6 nitrogen and oxygen atoms in total. The second-order valence-corrected chi connectivity index (χ2v) is 8.62. The van der Waals surface area contributed by atoms with E-state index in [0.29, 0.717) is 19.6 Å². The fourth-order valence-corrected chi connectivity index (χ4v) is 5.41. The maximum absolute atomic E-state index is 8.82. The first kappa shape index (κ1) is 23.1. The Kier molecular flexibility index (Phi) is 10.8. The average molecular weight is 393 g/mol. The second kappa shape index (κ2) is 11.7. The summed E-state index contributed by atoms with van der Waals surface area (Å²) in [5.41, 5.74) is -0.169. The van der Waals surface area contributed by atoms with Crippen LogP contribution in [-0.2, 0) is 18.5 Å². The fourth-order valence-electron chi connectivity index (χ4n) is 3.07. The molecule has 1 rings (SSSR count). The zero-order chi connectivity index (χ0) is 19.0. The quantitative estimate of drug-likeness (QED) is 0.326. The molecule has 0 aromatic carbocycles. The van der Waals surface area contributed by atoms with Gasteiger partial charge in [0, 0.05) is 25.1 Å². The molecule has 0 aliphatic carbocycles. The van der Waals surface area contributed by atoms with E-state index in [1.54, 1.807) is 7.11 Å². The number of hydrogen-bond donors (Lipinski definition) is 1. The van der Waals surface area contributed by atoms with Crippen LogP contribution in [0.4, 0.5) is 0 Å². The minimum atomic E-state index is -1.30. The standard InChI is InChI=1S/C17H33N2O4PS/c1-7-14-16(15(11-20-6)22-17(14)25)23-24(21-10-8-9-18)19(12(2)3)13(4)5/h12-17,25H,7-8,10-11H2,1-6H3. The molecule has 0 amide bonds. The third-order valence-electron chi connectivity index (χ3n) is 4.15. The predicted octanol–water partition coefficient (Wildman–Crippen LogP) is 3.97. The highest BCUT2D eigenvalue weighted by atomic mass is 32.1. The van der Waals surface area contributed by atoms with Crippen molar-refractivity contribution in [3.8, 4) is 6.07 Å². The van der Waals surface area contributed by atoms with Gasteiger partial charge in [0.05, 0.1) is 25.7 Å². The Hall–Kier alpha value is 0.0700. The third-order valence-corrected chi connectivity index (χ3v) is 6.78. The molecule has 0 spiro atoms. The van der Waals surface area contributed by atoms with Crippen LogP contribution < -0.4 is 0 Å². The third kappa shape index (κ3) is 6.62. The first-order chi connectivity index (χ1) is 11.9. The summed E-state index contributed by atoms with van der Waals surface area (Å²) in [5.74, 6) is 0.175. The zero-order valence-electron chi connectivity index (χ0n) is 16.2. The van der Waals surface area contributed by atoms with Crippen molar-refractivity contribution in [3.63, 3.8) is 0 Å². The van der Waals surface area contributed by atoms with Gasteiger partial charge in [0.1, 0.15) is 17.6 Å². The van der Waals surface area contributed by atoms with Crippen LogP contribution in [0.2, 0.25) is 0 Å². The Bertz CT molecular complexity index is 414. The molecule has 1 aliphatic rings. The summed E-state index contributed by atoms with van der Waals surface area (Å²) in [6, 6.07) is 2.66. The van der Waals surface area contributed by atoms with Gasteiger partial charge in [0.25, 0.3) is 8.53 Å². The van der Waals surface area contributed by atoms with Crippen LogP contribution >= 0.6 is 21.2 Å². The van der Waals surface area contributed by atoms with Crippen molar-refractivity contribution >= 4 is 21.2 Å². The van der Waals surface area contributed by atoms with Crippen LogP contribution in [0.3, 0.4) is 0 Å². The van der Waals surface area contributed by atoms with Gasteiger partial charge in [0.15, 0.2) is 0 Å². The molecule has 0 aromatic heterocycles. The van der Waals surface area contributed by atoms with Crippen LogP contribution in [0.5, 0.6) is 0 Å². The van der Waals surface area contributed by atoms with Crippen LogP contribution in [0.15, 0.2) is 0 Å². The van der Waals surface area contributed by atoms with Crippen LogP contribution in [0.1, 0.15) is 47.5 Å². The van der Waals surface area contributed by atoms with Crippen LogP contribution in [-0.4, -0.2) is 54.7 Å². The Morgan fingerprint density at radius 2 is 1.92 bits per heavy atom. The van der Waals surface area contributed by atoms with Gasteiger partial charge < -0.3 is 18.5 Å². The maximum Gasteiger partial charge on any atom is 0.259 e. The lowest BCUT2D eigenvalue weighted by molar-refractivity contribution is -0.0136. The van der Waals surface area contributed by atoms with Crippen molar-refractivity contribution in [1.82, 2.24) is 4.67 Å². The summed E-state index contributed by atoms with van der Waals surface area (Å²) in [5, 5.41) is 8.82. The smallest absolute Gasteiger partial charge is 0.259 e. The Balaban J connectivity index is 2.97. The van der Waals surface area contributed by atoms with Crippen molar-refractivity contribution in [2.24, 2.45) is 5.92 Å². The number of hydrogen-bond acceptors (Lipinski definition) is 7. The molecular weight excluding hydrogens is 359 g/mol. The van der Waals surface area contributed by atoms with E-state index in [1.165, 1.54) is 0 Å². The minimum absolute atomic E-state index is 0.138. The maximum atomic E-state index is 8.82. The van der Waals surface area contributed by atoms with E-state index in [-0.39, 0.29) is 35.6 Å². The van der Waals surface area contributed by atoms with Gasteiger partial charge in [-0.15, -0.1) is 12.6 Å². The molecule has 1 saturated heterocycles. The topological polar surface area (TPSA) is 64.0 Å². The van der Waals surface area contributed by atoms with Gasteiger partial charge in [-0.1, -0.05) is 6.92 Å². The summed E-state index contributed by atoms with van der Waals surface area (Å²) in [6.45, 7) is 11.5. The molecule has 0 radical (unpaired) electrons. The minimum Gasteiger partial charge on any atom is -0.382 e. The first-order valence-corrected chi connectivity index (χ1v) is 10.6. The van der Waals surface area contributed by atoms with E-state index in [1.807, 2.05) is 0 Å². The Morgan fingerprint density at radius 3 is 2.40 bits per heavy atom. The lowest BCUT2D eigenvalue weighted by atomic mass is 9.99. The first-order valence-electron chi connectivity index (χ1n) is 8.94. The summed E-state index contributed by atoms with van der Waals surface area (Å²) in [4.78, 5) is 0. The van der Waals surface area contributed by atoms with Crippen molar-refractivity contribution < 1.29 is 18.5 Å². The van der Waals surface area contributed by atoms with E-state index < -0.39 is 8.53 Å². The number of rotatable bonds is 11. The van der Waals surface area contributed by atoms with Gasteiger partial charge in [0.2, 0.25) is 0 Å². The van der Waals surface area contributed by atoms with Gasteiger partial charge >= 0.3 is 0 Å². The monoisotopic (exact) mass is 392 g/mol. The molecule has 25 heavy (non-hydrogen) atoms. The normalized spacial score (nSPS) is 28.0. The molecule has 1 aliphatic heterocycles. The highest BCUT2D eigenvalue weighted by molar-refractivity contribution is 7.80. The molecule has 5 atom stereocenters. The van der Waals surface area contributed by atoms with E-state index >= 15 is 0 Å². The van der Waals surface area contributed by atoms with Crippen molar-refractivity contribution in [2.45, 2.75) is 77.2 Å². The largest absolute Gasteiger partial charge is 0.382 e. The van der Waals surface area contributed by atoms with E-state index in [4.69, 9.17) is 23.8 Å². The molecule has 1 heterocycles. The van der Waals surface area contributed by atoms with Crippen molar-refractivity contribution in [1.29, 1.82) is 5.26 Å². The summed E-state index contributed by atoms with van der Waals surface area (Å²) in [6.07, 6.45) is 0.953. The number of ether oxygens (including phenoxy) is 2. The molecule has 1 fully saturated rings. The Labute approximate surface area is 159 Å². The van der Waals surface area contributed by atoms with E-state index in [0.717, 1.165) is 6.42 Å². The highest BCUT2D eigenvalue weighted by Crippen LogP contribution is 2.50. The van der Waals surface area contributed by atoms with E-state index in [2.05, 4.69) is 58.0 Å². The molecular formula is C17H33N2O4PS. The molecule has 146 valence electrons. The van der Waals surface area contributed by atoms with Gasteiger partial charge in [-0.05, 0) is 34.1 Å². The van der Waals surface area contributed by atoms with Crippen molar-refractivity contribution in [2.75, 3.05) is 20.3 Å². The number of nitrogens with zero attached hydrogens (tertiary/aromatic N) is 2. The number of nitriles is 1. The summed E-state index contributed by atoms with van der Waals surface area (Å²) < 4.78 is 26.0. The molecule has 0 bridgehead atoms. The van der Waals surface area contributed by atoms with Gasteiger partial charge in [-0.25, -0.2) is 4.67 Å². The van der Waals surface area contributed by atoms with E-state index in [9.17, 15) is 0 Å². The molecule has 0 N–H and O–H groups in total. The fraction of sp³-hybridized carbons (Fsp3) is 0.941. The lowest BCUT2D eigenvalue weighted by Crippen LogP contribution is -2.38. The summed E-state index contributed by atoms with van der Waals surface area (Å²) in [7, 11) is 0.359. The highest BCUT2D eigenvalue weighted by Gasteiger charge is 2.45. The van der Waals surface area contributed by atoms with Crippen molar-refractivity contribution in [3.05, 3.63) is 0 Å². The lowest BCUT2D eigenvalue weighted by Gasteiger charge is -2.38.